The van der Waals surface area contributed by atoms with Gasteiger partial charge in [0.2, 0.25) is 0 Å². The number of hydrogen-bond donors (Lipinski definition) is 2. The minimum atomic E-state index is -1.07. The zero-order valence-electron chi connectivity index (χ0n) is 10.3. The van der Waals surface area contributed by atoms with Crippen LogP contribution in [-0.4, -0.2) is 28.2 Å². The van der Waals surface area contributed by atoms with E-state index < -0.39 is 23.3 Å². The molecule has 0 spiro atoms. The smallest absolute Gasteiger partial charge is 0.326 e. The van der Waals surface area contributed by atoms with Gasteiger partial charge in [0.05, 0.1) is 6.20 Å². The van der Waals surface area contributed by atoms with Crippen LogP contribution in [0.5, 0.6) is 0 Å². The molecule has 0 aliphatic carbocycles. The number of amides is 1. The Morgan fingerprint density at radius 1 is 1.47 bits per heavy atom. The standard InChI is InChI=1S/C11H16N2O4/c1-6-7(5-12-17-6)9(14)13-8(10(15)16)11(2,3)4/h5,8H,1-4H3,(H,13,14)(H,15,16)/t8-/m0/s1. The van der Waals surface area contributed by atoms with Gasteiger partial charge >= 0.3 is 5.97 Å². The highest BCUT2D eigenvalue weighted by Crippen LogP contribution is 2.20. The lowest BCUT2D eigenvalue weighted by Gasteiger charge is -2.27. The van der Waals surface area contributed by atoms with Crippen molar-refractivity contribution in [3.63, 3.8) is 0 Å². The summed E-state index contributed by atoms with van der Waals surface area (Å²) in [5.74, 6) is -1.20. The highest BCUT2D eigenvalue weighted by atomic mass is 16.5. The van der Waals surface area contributed by atoms with Crippen molar-refractivity contribution >= 4 is 11.9 Å². The Morgan fingerprint density at radius 3 is 2.41 bits per heavy atom. The molecule has 0 aliphatic heterocycles. The molecule has 0 aromatic carbocycles. The molecule has 0 unspecified atom stereocenters. The number of aromatic nitrogens is 1. The van der Waals surface area contributed by atoms with Gasteiger partial charge in [0.15, 0.2) is 0 Å². The lowest BCUT2D eigenvalue weighted by molar-refractivity contribution is -0.142. The van der Waals surface area contributed by atoms with Gasteiger partial charge in [-0.1, -0.05) is 25.9 Å². The summed E-state index contributed by atoms with van der Waals surface area (Å²) in [7, 11) is 0. The van der Waals surface area contributed by atoms with Gasteiger partial charge in [-0.2, -0.15) is 0 Å². The lowest BCUT2D eigenvalue weighted by atomic mass is 9.86. The predicted molar refractivity (Wildman–Crippen MR) is 59.6 cm³/mol. The molecule has 0 saturated carbocycles. The molecular weight excluding hydrogens is 224 g/mol. The number of carbonyl (C=O) groups excluding carboxylic acids is 1. The van der Waals surface area contributed by atoms with Gasteiger partial charge < -0.3 is 14.9 Å². The molecule has 17 heavy (non-hydrogen) atoms. The molecule has 0 radical (unpaired) electrons. The van der Waals surface area contributed by atoms with Crippen LogP contribution in [0.3, 0.4) is 0 Å². The molecule has 94 valence electrons. The normalized spacial score (nSPS) is 13.2. The summed E-state index contributed by atoms with van der Waals surface area (Å²) < 4.78 is 4.76. The van der Waals surface area contributed by atoms with Crippen molar-refractivity contribution in [2.24, 2.45) is 5.41 Å². The molecule has 1 amide bonds. The van der Waals surface area contributed by atoms with Crippen LogP contribution >= 0.6 is 0 Å². The molecule has 6 heteroatoms. The fourth-order valence-electron chi connectivity index (χ4n) is 1.37. The molecule has 0 bridgehead atoms. The van der Waals surface area contributed by atoms with Crippen LogP contribution in [0.2, 0.25) is 0 Å². The number of aryl methyl sites for hydroxylation is 1. The summed E-state index contributed by atoms with van der Waals surface area (Å²) in [6.45, 7) is 6.82. The molecule has 1 aromatic rings. The fraction of sp³-hybridized carbons (Fsp3) is 0.545. The number of nitrogens with one attached hydrogen (secondary N) is 1. The molecule has 1 aromatic heterocycles. The van der Waals surface area contributed by atoms with Crippen LogP contribution in [0.15, 0.2) is 10.7 Å². The predicted octanol–water partition coefficient (Wildman–Crippen LogP) is 1.21. The number of carbonyl (C=O) groups is 2. The van der Waals surface area contributed by atoms with Crippen molar-refractivity contribution in [3.05, 3.63) is 17.5 Å². The lowest BCUT2D eigenvalue weighted by Crippen LogP contribution is -2.49. The van der Waals surface area contributed by atoms with Gasteiger partial charge in [0, 0.05) is 0 Å². The largest absolute Gasteiger partial charge is 0.480 e. The molecular formula is C11H16N2O4. The van der Waals surface area contributed by atoms with Crippen LogP contribution in [0, 0.1) is 12.3 Å². The minimum absolute atomic E-state index is 0.250. The van der Waals surface area contributed by atoms with E-state index in [1.165, 1.54) is 6.20 Å². The maximum Gasteiger partial charge on any atom is 0.326 e. The van der Waals surface area contributed by atoms with Crippen molar-refractivity contribution in [1.82, 2.24) is 10.5 Å². The maximum atomic E-state index is 11.8. The summed E-state index contributed by atoms with van der Waals surface area (Å²) >= 11 is 0. The first-order valence-corrected chi connectivity index (χ1v) is 5.18. The van der Waals surface area contributed by atoms with E-state index in [9.17, 15) is 9.59 Å². The maximum absolute atomic E-state index is 11.8. The van der Waals surface area contributed by atoms with Gasteiger partial charge in [0.25, 0.3) is 5.91 Å². The Labute approximate surface area is 99.0 Å². The molecule has 6 nitrogen and oxygen atoms in total. The number of carboxylic acids is 1. The summed E-state index contributed by atoms with van der Waals surface area (Å²) in [6, 6.07) is -0.968. The van der Waals surface area contributed by atoms with Gasteiger partial charge in [-0.15, -0.1) is 0 Å². The third-order valence-corrected chi connectivity index (χ3v) is 2.38. The van der Waals surface area contributed by atoms with Crippen molar-refractivity contribution in [3.8, 4) is 0 Å². The molecule has 1 atom stereocenters. The van der Waals surface area contributed by atoms with Crippen LogP contribution in [-0.2, 0) is 4.79 Å². The van der Waals surface area contributed by atoms with Crippen LogP contribution < -0.4 is 5.32 Å². The summed E-state index contributed by atoms with van der Waals surface area (Å²) in [5.41, 5.74) is -0.326. The summed E-state index contributed by atoms with van der Waals surface area (Å²) in [6.07, 6.45) is 1.27. The quantitative estimate of drug-likeness (QED) is 0.828. The van der Waals surface area contributed by atoms with E-state index in [4.69, 9.17) is 9.63 Å². The Morgan fingerprint density at radius 2 is 2.06 bits per heavy atom. The van der Waals surface area contributed by atoms with Crippen LogP contribution in [0.1, 0.15) is 36.9 Å². The number of hydrogen-bond acceptors (Lipinski definition) is 4. The third kappa shape index (κ3) is 3.05. The van der Waals surface area contributed by atoms with Gasteiger partial charge in [-0.05, 0) is 12.3 Å². The second-order valence-corrected chi connectivity index (χ2v) is 4.91. The van der Waals surface area contributed by atoms with E-state index in [1.54, 1.807) is 27.7 Å². The highest BCUT2D eigenvalue weighted by Gasteiger charge is 2.33. The van der Waals surface area contributed by atoms with Crippen molar-refractivity contribution < 1.29 is 19.2 Å². The average molecular weight is 240 g/mol. The van der Waals surface area contributed by atoms with E-state index in [0.29, 0.717) is 5.76 Å². The second-order valence-electron chi connectivity index (χ2n) is 4.91. The van der Waals surface area contributed by atoms with E-state index in [0.717, 1.165) is 0 Å². The minimum Gasteiger partial charge on any atom is -0.480 e. The molecule has 1 heterocycles. The SMILES string of the molecule is Cc1oncc1C(=O)N[C@@H](C(=O)O)C(C)(C)C. The number of nitrogens with zero attached hydrogens (tertiary/aromatic N) is 1. The highest BCUT2D eigenvalue weighted by molar-refractivity contribution is 5.97. The Hall–Kier alpha value is -1.85. The first kappa shape index (κ1) is 13.2. The van der Waals surface area contributed by atoms with Crippen molar-refractivity contribution in [2.45, 2.75) is 33.7 Å². The molecule has 0 aliphatic rings. The Balaban J connectivity index is 2.86. The fourth-order valence-corrected chi connectivity index (χ4v) is 1.37. The van der Waals surface area contributed by atoms with E-state index in [2.05, 4.69) is 10.5 Å². The third-order valence-electron chi connectivity index (χ3n) is 2.38. The summed E-state index contributed by atoms with van der Waals surface area (Å²) in [4.78, 5) is 22.9. The molecule has 0 saturated heterocycles. The van der Waals surface area contributed by atoms with Gasteiger partial charge in [0.1, 0.15) is 17.4 Å². The van der Waals surface area contributed by atoms with Crippen LogP contribution in [0.25, 0.3) is 0 Å². The zero-order chi connectivity index (χ0) is 13.2. The first-order valence-electron chi connectivity index (χ1n) is 5.18. The van der Waals surface area contributed by atoms with Crippen LogP contribution in [0.4, 0.5) is 0 Å². The monoisotopic (exact) mass is 240 g/mol. The second kappa shape index (κ2) is 4.57. The molecule has 0 fully saturated rings. The number of aliphatic carboxylic acids is 1. The average Bonchev–Trinajstić information content (AvgIpc) is 2.58. The first-order chi connectivity index (χ1) is 7.73. The molecule has 2 N–H and O–H groups in total. The van der Waals surface area contributed by atoms with Crippen molar-refractivity contribution in [1.29, 1.82) is 0 Å². The van der Waals surface area contributed by atoms with Crippen molar-refractivity contribution in [2.75, 3.05) is 0 Å². The van der Waals surface area contributed by atoms with Gasteiger partial charge in [-0.3, -0.25) is 4.79 Å². The Bertz CT molecular complexity index is 431. The van der Waals surface area contributed by atoms with E-state index in [-0.39, 0.29) is 5.56 Å². The number of carboxylic acid groups (broad SMARTS) is 1. The topological polar surface area (TPSA) is 92.4 Å². The Kier molecular flexibility index (Phi) is 3.55. The zero-order valence-corrected chi connectivity index (χ0v) is 10.3. The molecule has 1 rings (SSSR count). The van der Waals surface area contributed by atoms with Gasteiger partial charge in [-0.25, -0.2) is 4.79 Å². The number of rotatable bonds is 3. The van der Waals surface area contributed by atoms with E-state index in [1.807, 2.05) is 0 Å². The summed E-state index contributed by atoms with van der Waals surface area (Å²) in [5, 5.41) is 15.0. The van der Waals surface area contributed by atoms with E-state index >= 15 is 0 Å².